The number of benzene rings is 2. The number of halogens is 1. The first-order valence-corrected chi connectivity index (χ1v) is 8.55. The second-order valence-electron chi connectivity index (χ2n) is 6.37. The molecule has 0 saturated carbocycles. The van der Waals surface area contributed by atoms with Crippen LogP contribution in [-0.4, -0.2) is 44.9 Å². The van der Waals surface area contributed by atoms with Crippen LogP contribution in [0.2, 0.25) is 0 Å². The monoisotopic (exact) mass is 362 g/mol. The van der Waals surface area contributed by atoms with Crippen LogP contribution in [0.5, 0.6) is 5.75 Å². The molecule has 5 heteroatoms. The minimum atomic E-state index is -0.274. The molecule has 4 nitrogen and oxygen atoms in total. The summed E-state index contributed by atoms with van der Waals surface area (Å²) in [7, 11) is 4.18. The molecule has 2 aromatic rings. The number of hydrogen-bond acceptors (Lipinski definition) is 4. The molecular weight excluding hydrogens is 336 g/mol. The van der Waals surface area contributed by atoms with Gasteiger partial charge in [0.25, 0.3) is 0 Å². The number of para-hydroxylation sites is 1. The third kappa shape index (κ3) is 5.44. The Bertz CT molecular complexity index is 637. The van der Waals surface area contributed by atoms with Gasteiger partial charge >= 0.3 is 0 Å². The lowest BCUT2D eigenvalue weighted by Crippen LogP contribution is -2.38. The van der Waals surface area contributed by atoms with E-state index in [1.165, 1.54) is 0 Å². The molecule has 1 aliphatic rings. The van der Waals surface area contributed by atoms with Crippen LogP contribution >= 0.6 is 12.4 Å². The molecule has 1 heterocycles. The van der Waals surface area contributed by atoms with Gasteiger partial charge in [-0.2, -0.15) is 0 Å². The minimum Gasteiger partial charge on any atom is -0.463 e. The molecule has 0 bridgehead atoms. The van der Waals surface area contributed by atoms with Crippen molar-refractivity contribution >= 4 is 12.4 Å². The highest BCUT2D eigenvalue weighted by Gasteiger charge is 2.29. The smallest absolute Gasteiger partial charge is 0.213 e. The number of rotatable bonds is 7. The van der Waals surface area contributed by atoms with Crippen LogP contribution < -0.4 is 10.1 Å². The highest BCUT2D eigenvalue weighted by atomic mass is 35.5. The third-order valence-corrected chi connectivity index (χ3v) is 4.12. The van der Waals surface area contributed by atoms with Crippen LogP contribution in [0.4, 0.5) is 0 Å². The summed E-state index contributed by atoms with van der Waals surface area (Å²) >= 11 is 0. The van der Waals surface area contributed by atoms with E-state index < -0.39 is 0 Å². The molecule has 0 saturated heterocycles. The quantitative estimate of drug-likeness (QED) is 0.765. The van der Waals surface area contributed by atoms with E-state index in [1.807, 2.05) is 36.4 Å². The Balaban J connectivity index is 0.00000225. The molecule has 0 aliphatic carbocycles. The summed E-state index contributed by atoms with van der Waals surface area (Å²) in [6.07, 6.45) is 0.757. The van der Waals surface area contributed by atoms with Gasteiger partial charge in [0, 0.05) is 5.56 Å². The summed E-state index contributed by atoms with van der Waals surface area (Å²) in [5.41, 5.74) is 2.25. The predicted octanol–water partition coefficient (Wildman–Crippen LogP) is 3.47. The summed E-state index contributed by atoms with van der Waals surface area (Å²) in [4.78, 5) is 2.19. The fraction of sp³-hybridized carbons (Fsp3) is 0.400. The lowest BCUT2D eigenvalue weighted by molar-refractivity contribution is -0.124. The van der Waals surface area contributed by atoms with Gasteiger partial charge in [0.05, 0.1) is 6.54 Å². The van der Waals surface area contributed by atoms with Crippen LogP contribution in [0.15, 0.2) is 54.6 Å². The standard InChI is InChI=1S/C20H26N2O2.ClH/c1-22(2)14-8-13-21-15-19-23-18-12-7-6-11-17(18)20(24-19)16-9-4-3-5-10-16;/h3-7,9-12,19-21H,8,13-15H2,1-2H3;1H. The van der Waals surface area contributed by atoms with Crippen LogP contribution in [0.25, 0.3) is 0 Å². The molecule has 2 unspecified atom stereocenters. The first-order valence-electron chi connectivity index (χ1n) is 8.55. The maximum atomic E-state index is 6.23. The highest BCUT2D eigenvalue weighted by Crippen LogP contribution is 2.38. The van der Waals surface area contributed by atoms with E-state index in [2.05, 4.69) is 42.5 Å². The fourth-order valence-electron chi connectivity index (χ4n) is 2.91. The van der Waals surface area contributed by atoms with Crippen LogP contribution in [0.3, 0.4) is 0 Å². The molecular formula is C20H27ClN2O2. The van der Waals surface area contributed by atoms with Crippen molar-refractivity contribution in [3.05, 3.63) is 65.7 Å². The summed E-state index contributed by atoms with van der Waals surface area (Å²) < 4.78 is 12.2. The number of fused-ring (bicyclic) bond motifs is 1. The van der Waals surface area contributed by atoms with Crippen molar-refractivity contribution in [2.75, 3.05) is 33.7 Å². The lowest BCUT2D eigenvalue weighted by Gasteiger charge is -2.33. The molecule has 1 aliphatic heterocycles. The van der Waals surface area contributed by atoms with Crippen LogP contribution in [0, 0.1) is 0 Å². The molecule has 3 rings (SSSR count). The first-order chi connectivity index (χ1) is 11.7. The maximum absolute atomic E-state index is 6.23. The number of ether oxygens (including phenoxy) is 2. The van der Waals surface area contributed by atoms with Crippen molar-refractivity contribution in [2.45, 2.75) is 18.8 Å². The zero-order valence-corrected chi connectivity index (χ0v) is 15.7. The van der Waals surface area contributed by atoms with E-state index in [1.54, 1.807) is 0 Å². The number of nitrogens with one attached hydrogen (secondary N) is 1. The Kier molecular flexibility index (Phi) is 7.72. The van der Waals surface area contributed by atoms with E-state index in [-0.39, 0.29) is 24.8 Å². The topological polar surface area (TPSA) is 33.7 Å². The van der Waals surface area contributed by atoms with Gasteiger partial charge in [0.2, 0.25) is 6.29 Å². The molecule has 2 atom stereocenters. The van der Waals surface area contributed by atoms with Crippen molar-refractivity contribution in [3.8, 4) is 5.75 Å². The molecule has 2 aromatic carbocycles. The molecule has 0 fully saturated rings. The predicted molar refractivity (Wildman–Crippen MR) is 104 cm³/mol. The Morgan fingerprint density at radius 2 is 1.72 bits per heavy atom. The van der Waals surface area contributed by atoms with E-state index in [0.29, 0.717) is 6.54 Å². The fourth-order valence-corrected chi connectivity index (χ4v) is 2.91. The molecule has 0 aromatic heterocycles. The molecule has 0 radical (unpaired) electrons. The zero-order valence-electron chi connectivity index (χ0n) is 14.9. The second kappa shape index (κ2) is 9.78. The van der Waals surface area contributed by atoms with Gasteiger partial charge in [0.1, 0.15) is 11.9 Å². The van der Waals surface area contributed by atoms with E-state index in [9.17, 15) is 0 Å². The SMILES string of the molecule is CN(C)CCCNCC1Oc2ccccc2C(c2ccccc2)O1.Cl. The summed E-state index contributed by atoms with van der Waals surface area (Å²) in [6.45, 7) is 2.72. The third-order valence-electron chi connectivity index (χ3n) is 4.12. The maximum Gasteiger partial charge on any atom is 0.213 e. The average Bonchev–Trinajstić information content (AvgIpc) is 2.61. The van der Waals surface area contributed by atoms with Gasteiger partial charge in [0.15, 0.2) is 0 Å². The summed E-state index contributed by atoms with van der Waals surface area (Å²) in [6, 6.07) is 18.5. The lowest BCUT2D eigenvalue weighted by atomic mass is 9.99. The summed E-state index contributed by atoms with van der Waals surface area (Å²) in [5, 5.41) is 3.44. The van der Waals surface area contributed by atoms with Gasteiger partial charge in [-0.05, 0) is 45.2 Å². The molecule has 136 valence electrons. The Morgan fingerprint density at radius 1 is 1.00 bits per heavy atom. The van der Waals surface area contributed by atoms with Gasteiger partial charge in [-0.25, -0.2) is 0 Å². The Hall–Kier alpha value is -1.59. The van der Waals surface area contributed by atoms with Gasteiger partial charge in [-0.1, -0.05) is 48.5 Å². The van der Waals surface area contributed by atoms with Crippen molar-refractivity contribution < 1.29 is 9.47 Å². The normalized spacial score (nSPS) is 19.0. The van der Waals surface area contributed by atoms with Crippen LogP contribution in [-0.2, 0) is 4.74 Å². The largest absolute Gasteiger partial charge is 0.463 e. The van der Waals surface area contributed by atoms with E-state index in [4.69, 9.17) is 9.47 Å². The number of hydrogen-bond donors (Lipinski definition) is 1. The van der Waals surface area contributed by atoms with E-state index >= 15 is 0 Å². The molecule has 0 spiro atoms. The second-order valence-corrected chi connectivity index (χ2v) is 6.37. The average molecular weight is 363 g/mol. The highest BCUT2D eigenvalue weighted by molar-refractivity contribution is 5.85. The van der Waals surface area contributed by atoms with Crippen molar-refractivity contribution in [2.24, 2.45) is 0 Å². The van der Waals surface area contributed by atoms with E-state index in [0.717, 1.165) is 36.4 Å². The minimum absolute atomic E-state index is 0. The van der Waals surface area contributed by atoms with Gasteiger partial charge < -0.3 is 19.7 Å². The Labute approximate surface area is 156 Å². The zero-order chi connectivity index (χ0) is 16.8. The Morgan fingerprint density at radius 3 is 2.48 bits per heavy atom. The van der Waals surface area contributed by atoms with Crippen molar-refractivity contribution in [3.63, 3.8) is 0 Å². The summed E-state index contributed by atoms with van der Waals surface area (Å²) in [5.74, 6) is 0.915. The van der Waals surface area contributed by atoms with Gasteiger partial charge in [-0.3, -0.25) is 0 Å². The first kappa shape index (κ1) is 19.7. The van der Waals surface area contributed by atoms with Gasteiger partial charge in [-0.15, -0.1) is 12.4 Å². The van der Waals surface area contributed by atoms with Crippen molar-refractivity contribution in [1.82, 2.24) is 10.2 Å². The van der Waals surface area contributed by atoms with Crippen molar-refractivity contribution in [1.29, 1.82) is 0 Å². The molecule has 25 heavy (non-hydrogen) atoms. The van der Waals surface area contributed by atoms with Crippen LogP contribution in [0.1, 0.15) is 23.7 Å². The number of nitrogens with zero attached hydrogens (tertiary/aromatic N) is 1. The molecule has 1 N–H and O–H groups in total. The molecule has 0 amide bonds.